The van der Waals surface area contributed by atoms with Crippen molar-refractivity contribution in [3.05, 3.63) is 72.8 Å². The Labute approximate surface area is 128 Å². The Hall–Kier alpha value is -2.95. The van der Waals surface area contributed by atoms with Crippen molar-refractivity contribution >= 4 is 6.03 Å². The third-order valence-electron chi connectivity index (χ3n) is 3.28. The first kappa shape index (κ1) is 14.0. The molecular weight excluding hydrogens is 276 g/mol. The maximum atomic E-state index is 12.1. The van der Waals surface area contributed by atoms with E-state index >= 15 is 0 Å². The molecule has 0 aliphatic heterocycles. The summed E-state index contributed by atoms with van der Waals surface area (Å²) in [6.45, 7) is 0.583. The van der Waals surface area contributed by atoms with Gasteiger partial charge in [-0.15, -0.1) is 0 Å². The summed E-state index contributed by atoms with van der Waals surface area (Å²) >= 11 is 0. The van der Waals surface area contributed by atoms with Crippen molar-refractivity contribution in [1.29, 1.82) is 0 Å². The van der Waals surface area contributed by atoms with Gasteiger partial charge >= 0.3 is 6.03 Å². The van der Waals surface area contributed by atoms with Crippen molar-refractivity contribution in [3.8, 4) is 11.4 Å². The van der Waals surface area contributed by atoms with Gasteiger partial charge in [-0.2, -0.15) is 0 Å². The Morgan fingerprint density at radius 3 is 2.59 bits per heavy atom. The molecule has 0 atom stereocenters. The molecule has 1 amide bonds. The maximum absolute atomic E-state index is 12.1. The first-order valence-corrected chi connectivity index (χ1v) is 7.10. The third kappa shape index (κ3) is 3.38. The number of nitrogens with one attached hydrogen (secondary N) is 1. The van der Waals surface area contributed by atoms with Crippen LogP contribution in [0.4, 0.5) is 4.79 Å². The van der Waals surface area contributed by atoms with Crippen LogP contribution in [0.3, 0.4) is 0 Å². The number of hydrogen-bond acceptors (Lipinski definition) is 3. The Balaban J connectivity index is 1.58. The number of carbonyl (C=O) groups is 1. The fourth-order valence-electron chi connectivity index (χ4n) is 2.13. The Morgan fingerprint density at radius 1 is 1.00 bits per heavy atom. The van der Waals surface area contributed by atoms with Gasteiger partial charge in [0.25, 0.3) is 0 Å². The van der Waals surface area contributed by atoms with Crippen LogP contribution < -0.4 is 5.32 Å². The minimum atomic E-state index is -0.189. The molecule has 110 valence electrons. The van der Waals surface area contributed by atoms with Crippen LogP contribution in [0.2, 0.25) is 0 Å². The van der Waals surface area contributed by atoms with Gasteiger partial charge in [0.05, 0.1) is 5.69 Å². The molecule has 1 N–H and O–H groups in total. The lowest BCUT2D eigenvalue weighted by atomic mass is 10.1. The normalized spacial score (nSPS) is 10.4. The van der Waals surface area contributed by atoms with Gasteiger partial charge < -0.3 is 5.32 Å². The summed E-state index contributed by atoms with van der Waals surface area (Å²) in [5, 5.41) is 2.88. The quantitative estimate of drug-likeness (QED) is 0.804. The molecule has 0 saturated carbocycles. The highest BCUT2D eigenvalue weighted by Gasteiger charge is 2.08. The molecule has 3 rings (SSSR count). The average Bonchev–Trinajstić information content (AvgIpc) is 3.07. The molecule has 5 heteroatoms. The zero-order valence-electron chi connectivity index (χ0n) is 12.0. The number of nitrogens with zero attached hydrogens (tertiary/aromatic N) is 3. The highest BCUT2D eigenvalue weighted by Crippen LogP contribution is 2.12. The second kappa shape index (κ2) is 6.67. The average molecular weight is 292 g/mol. The van der Waals surface area contributed by atoms with Gasteiger partial charge in [-0.3, -0.25) is 9.55 Å². The molecule has 0 aliphatic rings. The van der Waals surface area contributed by atoms with Crippen molar-refractivity contribution in [1.82, 2.24) is 19.9 Å². The number of aromatic nitrogens is 3. The van der Waals surface area contributed by atoms with E-state index in [1.807, 2.05) is 48.5 Å². The first-order chi connectivity index (χ1) is 10.8. The molecule has 0 saturated heterocycles. The molecule has 22 heavy (non-hydrogen) atoms. The summed E-state index contributed by atoms with van der Waals surface area (Å²) in [7, 11) is 0. The van der Waals surface area contributed by atoms with Gasteiger partial charge in [0, 0.05) is 18.9 Å². The predicted octanol–water partition coefficient (Wildman–Crippen LogP) is 2.75. The number of rotatable bonds is 4. The zero-order chi connectivity index (χ0) is 15.2. The summed E-state index contributed by atoms with van der Waals surface area (Å²) < 4.78 is 1.44. The van der Waals surface area contributed by atoms with E-state index in [0.29, 0.717) is 12.2 Å². The van der Waals surface area contributed by atoms with E-state index < -0.39 is 0 Å². The lowest BCUT2D eigenvalue weighted by molar-refractivity contribution is 0.242. The number of carbonyl (C=O) groups excluding carboxylic acids is 1. The fourth-order valence-corrected chi connectivity index (χ4v) is 2.13. The molecule has 1 aromatic carbocycles. The molecule has 0 fully saturated rings. The van der Waals surface area contributed by atoms with Crippen molar-refractivity contribution in [2.45, 2.75) is 6.42 Å². The summed E-state index contributed by atoms with van der Waals surface area (Å²) in [5.74, 6) is 0. The number of pyridine rings is 1. The van der Waals surface area contributed by atoms with Crippen LogP contribution >= 0.6 is 0 Å². The predicted molar refractivity (Wildman–Crippen MR) is 84.4 cm³/mol. The summed E-state index contributed by atoms with van der Waals surface area (Å²) in [5.41, 5.74) is 2.62. The highest BCUT2D eigenvalue weighted by atomic mass is 16.2. The monoisotopic (exact) mass is 292 g/mol. The molecule has 5 nitrogen and oxygen atoms in total. The molecule has 0 aliphatic carbocycles. The van der Waals surface area contributed by atoms with E-state index in [2.05, 4.69) is 15.3 Å². The molecule has 0 radical (unpaired) electrons. The summed E-state index contributed by atoms with van der Waals surface area (Å²) in [6, 6.07) is 15.5. The van der Waals surface area contributed by atoms with Gasteiger partial charge in [0.1, 0.15) is 12.0 Å². The van der Waals surface area contributed by atoms with Gasteiger partial charge in [-0.05, 0) is 24.1 Å². The van der Waals surface area contributed by atoms with Gasteiger partial charge in [-0.1, -0.05) is 36.4 Å². The van der Waals surface area contributed by atoms with Crippen molar-refractivity contribution in [2.24, 2.45) is 0 Å². The molecule has 0 bridgehead atoms. The smallest absolute Gasteiger partial charge is 0.326 e. The Morgan fingerprint density at radius 2 is 1.82 bits per heavy atom. The zero-order valence-corrected chi connectivity index (χ0v) is 12.0. The minimum absolute atomic E-state index is 0.189. The fraction of sp³-hybridized carbons (Fsp3) is 0.118. The molecule has 0 spiro atoms. The second-order valence-electron chi connectivity index (χ2n) is 4.85. The van der Waals surface area contributed by atoms with Gasteiger partial charge in [0.15, 0.2) is 0 Å². The number of amides is 1. The van der Waals surface area contributed by atoms with Crippen LogP contribution in [0.1, 0.15) is 5.56 Å². The first-order valence-electron chi connectivity index (χ1n) is 7.10. The van der Waals surface area contributed by atoms with E-state index in [9.17, 15) is 4.79 Å². The molecule has 0 unspecified atom stereocenters. The third-order valence-corrected chi connectivity index (χ3v) is 3.28. The van der Waals surface area contributed by atoms with Crippen molar-refractivity contribution in [3.63, 3.8) is 0 Å². The Bertz CT molecular complexity index is 738. The topological polar surface area (TPSA) is 59.8 Å². The summed E-state index contributed by atoms with van der Waals surface area (Å²) in [6.07, 6.45) is 5.69. The lowest BCUT2D eigenvalue weighted by Gasteiger charge is -2.05. The van der Waals surface area contributed by atoms with E-state index in [4.69, 9.17) is 0 Å². The Kier molecular flexibility index (Phi) is 4.25. The molecule has 2 heterocycles. The van der Waals surface area contributed by atoms with Crippen molar-refractivity contribution in [2.75, 3.05) is 6.54 Å². The number of benzene rings is 1. The van der Waals surface area contributed by atoms with Crippen LogP contribution in [0.15, 0.2) is 67.3 Å². The van der Waals surface area contributed by atoms with Crippen LogP contribution in [0.25, 0.3) is 11.4 Å². The highest BCUT2D eigenvalue weighted by molar-refractivity contribution is 5.77. The van der Waals surface area contributed by atoms with E-state index in [-0.39, 0.29) is 6.03 Å². The van der Waals surface area contributed by atoms with Gasteiger partial charge in [-0.25, -0.2) is 9.78 Å². The van der Waals surface area contributed by atoms with Crippen LogP contribution in [0.5, 0.6) is 0 Å². The van der Waals surface area contributed by atoms with E-state index in [1.165, 1.54) is 16.5 Å². The largest absolute Gasteiger partial charge is 0.337 e. The molecule has 2 aromatic heterocycles. The molecular formula is C17H16N4O. The van der Waals surface area contributed by atoms with E-state index in [1.54, 1.807) is 12.4 Å². The standard InChI is InChI=1S/C17H16N4O/c22-17(19-11-9-14-6-2-1-3-7-14)21-12-16(20-13-21)15-8-4-5-10-18-15/h1-8,10,12-13H,9,11H2,(H,19,22). The second-order valence-corrected chi connectivity index (χ2v) is 4.85. The van der Waals surface area contributed by atoms with Crippen LogP contribution in [-0.4, -0.2) is 27.1 Å². The number of imidazole rings is 1. The van der Waals surface area contributed by atoms with Crippen molar-refractivity contribution < 1.29 is 4.79 Å². The van der Waals surface area contributed by atoms with Gasteiger partial charge in [0.2, 0.25) is 0 Å². The lowest BCUT2D eigenvalue weighted by Crippen LogP contribution is -2.29. The minimum Gasteiger partial charge on any atom is -0.337 e. The van der Waals surface area contributed by atoms with Crippen LogP contribution in [0, 0.1) is 0 Å². The number of hydrogen-bond donors (Lipinski definition) is 1. The van der Waals surface area contributed by atoms with Crippen LogP contribution in [-0.2, 0) is 6.42 Å². The molecule has 3 aromatic rings. The summed E-state index contributed by atoms with van der Waals surface area (Å²) in [4.78, 5) is 20.5. The maximum Gasteiger partial charge on any atom is 0.326 e. The SMILES string of the molecule is O=C(NCCc1ccccc1)n1cnc(-c2ccccn2)c1. The van der Waals surface area contributed by atoms with E-state index in [0.717, 1.165) is 12.1 Å².